The van der Waals surface area contributed by atoms with E-state index in [1.165, 1.54) is 5.56 Å². The van der Waals surface area contributed by atoms with Crippen molar-refractivity contribution in [3.63, 3.8) is 0 Å². The van der Waals surface area contributed by atoms with E-state index < -0.39 is 0 Å². The molecule has 1 N–H and O–H groups in total. The van der Waals surface area contributed by atoms with Gasteiger partial charge in [0.05, 0.1) is 11.6 Å². The Bertz CT molecular complexity index is 1100. The minimum Gasteiger partial charge on any atom is -0.460 e. The fourth-order valence-electron chi connectivity index (χ4n) is 3.50. The van der Waals surface area contributed by atoms with Gasteiger partial charge in [-0.25, -0.2) is 0 Å². The number of carbonyl (C=O) groups excluding carboxylic acids is 1. The maximum atomic E-state index is 13.1. The van der Waals surface area contributed by atoms with Crippen molar-refractivity contribution in [1.82, 2.24) is 9.88 Å². The summed E-state index contributed by atoms with van der Waals surface area (Å²) in [7, 11) is 0. The molecule has 2 heterocycles. The second kappa shape index (κ2) is 7.39. The molecule has 1 amide bonds. The van der Waals surface area contributed by atoms with Crippen LogP contribution < -0.4 is 5.32 Å². The molecule has 0 bridgehead atoms. The minimum absolute atomic E-state index is 0.0792. The van der Waals surface area contributed by atoms with Gasteiger partial charge in [0.1, 0.15) is 11.5 Å². The predicted octanol–water partition coefficient (Wildman–Crippen LogP) is 5.39. The molecule has 28 heavy (non-hydrogen) atoms. The summed E-state index contributed by atoms with van der Waals surface area (Å²) in [4.78, 5) is 13.1. The second-order valence-electron chi connectivity index (χ2n) is 7.31. The molecule has 0 aliphatic heterocycles. The average Bonchev–Trinajstić information content (AvgIpc) is 3.21. The van der Waals surface area contributed by atoms with Gasteiger partial charge in [0.25, 0.3) is 5.91 Å². The zero-order valence-electron chi connectivity index (χ0n) is 16.4. The molecule has 4 nitrogen and oxygen atoms in total. The smallest absolute Gasteiger partial charge is 0.268 e. The highest BCUT2D eigenvalue weighted by atomic mass is 16.3. The third kappa shape index (κ3) is 3.58. The lowest BCUT2D eigenvalue weighted by Crippen LogP contribution is -2.28. The Morgan fingerprint density at radius 1 is 1.04 bits per heavy atom. The highest BCUT2D eigenvalue weighted by Crippen LogP contribution is 2.25. The van der Waals surface area contributed by atoms with Gasteiger partial charge in [0, 0.05) is 18.7 Å². The summed E-state index contributed by atoms with van der Waals surface area (Å²) in [5.41, 5.74) is 5.73. The van der Waals surface area contributed by atoms with Gasteiger partial charge >= 0.3 is 0 Å². The monoisotopic (exact) mass is 372 g/mol. The Balaban J connectivity index is 1.66. The first kappa shape index (κ1) is 18.1. The van der Waals surface area contributed by atoms with Gasteiger partial charge in [-0.2, -0.15) is 0 Å². The van der Waals surface area contributed by atoms with E-state index in [1.807, 2.05) is 60.9 Å². The molecular weight excluding hydrogens is 348 g/mol. The Labute approximate surface area is 164 Å². The number of amides is 1. The van der Waals surface area contributed by atoms with Crippen molar-refractivity contribution >= 4 is 17.0 Å². The van der Waals surface area contributed by atoms with E-state index >= 15 is 0 Å². The molecule has 4 rings (SSSR count). The number of aryl methyl sites for hydroxylation is 2. The lowest BCUT2D eigenvalue weighted by Gasteiger charge is -2.16. The number of fused-ring (bicyclic) bond motifs is 1. The molecule has 0 saturated carbocycles. The van der Waals surface area contributed by atoms with Crippen molar-refractivity contribution < 1.29 is 9.21 Å². The van der Waals surface area contributed by atoms with Crippen LogP contribution in [0.2, 0.25) is 0 Å². The molecule has 142 valence electrons. The van der Waals surface area contributed by atoms with Crippen LogP contribution in [0.5, 0.6) is 0 Å². The van der Waals surface area contributed by atoms with E-state index in [1.54, 1.807) is 0 Å². The number of hydrogen-bond donors (Lipinski definition) is 1. The summed E-state index contributed by atoms with van der Waals surface area (Å²) in [6.07, 6.45) is 0. The van der Waals surface area contributed by atoms with Crippen molar-refractivity contribution in [3.05, 3.63) is 94.9 Å². The van der Waals surface area contributed by atoms with Gasteiger partial charge in [-0.15, -0.1) is 0 Å². The third-order valence-electron chi connectivity index (χ3n) is 5.05. The summed E-state index contributed by atoms with van der Waals surface area (Å²) >= 11 is 0. The van der Waals surface area contributed by atoms with Crippen molar-refractivity contribution in [2.24, 2.45) is 0 Å². The lowest BCUT2D eigenvalue weighted by molar-refractivity contribution is 0.0931. The molecule has 0 fully saturated rings. The van der Waals surface area contributed by atoms with Gasteiger partial charge < -0.3 is 14.3 Å². The molecule has 0 aliphatic carbocycles. The largest absolute Gasteiger partial charge is 0.460 e. The Kier molecular flexibility index (Phi) is 4.78. The number of nitrogens with one attached hydrogen (secondary N) is 1. The third-order valence-corrected chi connectivity index (χ3v) is 5.05. The van der Waals surface area contributed by atoms with Crippen LogP contribution in [0.25, 0.3) is 11.1 Å². The maximum Gasteiger partial charge on any atom is 0.268 e. The summed E-state index contributed by atoms with van der Waals surface area (Å²) in [5, 5.41) is 3.11. The second-order valence-corrected chi connectivity index (χ2v) is 7.31. The van der Waals surface area contributed by atoms with Crippen LogP contribution in [-0.2, 0) is 6.54 Å². The normalized spacial score (nSPS) is 12.2. The molecule has 0 aliphatic rings. The van der Waals surface area contributed by atoms with Gasteiger partial charge in [-0.3, -0.25) is 4.79 Å². The first-order chi connectivity index (χ1) is 13.5. The van der Waals surface area contributed by atoms with Crippen LogP contribution in [0.4, 0.5) is 0 Å². The summed E-state index contributed by atoms with van der Waals surface area (Å²) in [6.45, 7) is 6.61. The molecule has 0 saturated heterocycles. The molecule has 2 aromatic carbocycles. The van der Waals surface area contributed by atoms with Crippen LogP contribution in [0, 0.1) is 13.8 Å². The Hall–Kier alpha value is -3.27. The van der Waals surface area contributed by atoms with E-state index in [4.69, 9.17) is 4.42 Å². The van der Waals surface area contributed by atoms with E-state index in [9.17, 15) is 4.79 Å². The van der Waals surface area contributed by atoms with Crippen LogP contribution in [0.1, 0.15) is 45.9 Å². The number of hydrogen-bond acceptors (Lipinski definition) is 2. The Morgan fingerprint density at radius 3 is 2.46 bits per heavy atom. The zero-order chi connectivity index (χ0) is 19.7. The first-order valence-corrected chi connectivity index (χ1v) is 9.52. The molecule has 2 aromatic heterocycles. The van der Waals surface area contributed by atoms with Crippen LogP contribution in [-0.4, -0.2) is 10.5 Å². The van der Waals surface area contributed by atoms with Crippen molar-refractivity contribution in [1.29, 1.82) is 0 Å². The fraction of sp³-hybridized carbons (Fsp3) is 0.208. The Morgan fingerprint density at radius 2 is 1.75 bits per heavy atom. The van der Waals surface area contributed by atoms with Gasteiger partial charge in [-0.1, -0.05) is 60.2 Å². The highest BCUT2D eigenvalue weighted by Gasteiger charge is 2.20. The summed E-state index contributed by atoms with van der Waals surface area (Å²) in [6, 6.07) is 22.1. The molecule has 0 radical (unpaired) electrons. The van der Waals surface area contributed by atoms with E-state index in [-0.39, 0.29) is 11.9 Å². The minimum atomic E-state index is -0.104. The number of aromatic nitrogens is 1. The number of carbonyl (C=O) groups is 1. The molecular formula is C24H24N2O2. The first-order valence-electron chi connectivity index (χ1n) is 9.52. The molecule has 1 atom stereocenters. The number of nitrogens with zero attached hydrogens (tertiary/aromatic N) is 1. The van der Waals surface area contributed by atoms with Crippen molar-refractivity contribution in [2.75, 3.05) is 0 Å². The maximum absolute atomic E-state index is 13.1. The van der Waals surface area contributed by atoms with Crippen molar-refractivity contribution in [2.45, 2.75) is 33.4 Å². The van der Waals surface area contributed by atoms with E-state index in [0.29, 0.717) is 12.2 Å². The fourth-order valence-corrected chi connectivity index (χ4v) is 3.50. The van der Waals surface area contributed by atoms with Crippen LogP contribution in [0.15, 0.2) is 71.1 Å². The summed E-state index contributed by atoms with van der Waals surface area (Å²) < 4.78 is 7.82. The number of furan rings is 1. The summed E-state index contributed by atoms with van der Waals surface area (Å²) in [5.74, 6) is 0.736. The van der Waals surface area contributed by atoms with Gasteiger partial charge in [-0.05, 0) is 31.9 Å². The molecule has 4 heteroatoms. The molecule has 4 aromatic rings. The standard InChI is InChI=1S/C24H24N2O2/c1-16-9-11-19(12-10-16)15-26-21-13-17(2)28-23(21)14-22(26)24(27)25-18(3)20-7-5-4-6-8-20/h4-14,18H,15H2,1-3H3,(H,25,27). The van der Waals surface area contributed by atoms with Gasteiger partial charge in [0.15, 0.2) is 5.58 Å². The number of rotatable bonds is 5. The van der Waals surface area contributed by atoms with Crippen LogP contribution in [0.3, 0.4) is 0 Å². The predicted molar refractivity (Wildman–Crippen MR) is 112 cm³/mol. The van der Waals surface area contributed by atoms with Gasteiger partial charge in [0.2, 0.25) is 0 Å². The SMILES string of the molecule is Cc1ccc(Cn2c(C(=O)NC(C)c3ccccc3)cc3oc(C)cc32)cc1. The quantitative estimate of drug-likeness (QED) is 0.510. The number of benzene rings is 2. The van der Waals surface area contributed by atoms with E-state index in [0.717, 1.165) is 28.0 Å². The lowest BCUT2D eigenvalue weighted by atomic mass is 10.1. The topological polar surface area (TPSA) is 47.2 Å². The van der Waals surface area contributed by atoms with Crippen LogP contribution >= 0.6 is 0 Å². The highest BCUT2D eigenvalue weighted by molar-refractivity contribution is 5.98. The van der Waals surface area contributed by atoms with E-state index in [2.05, 4.69) is 36.5 Å². The molecule has 1 unspecified atom stereocenters. The van der Waals surface area contributed by atoms with Crippen molar-refractivity contribution in [3.8, 4) is 0 Å². The zero-order valence-corrected chi connectivity index (χ0v) is 16.4. The average molecular weight is 372 g/mol. The molecule has 0 spiro atoms.